The van der Waals surface area contributed by atoms with Crippen LogP contribution < -0.4 is 10.9 Å². The van der Waals surface area contributed by atoms with Crippen molar-refractivity contribution < 1.29 is 14.6 Å². The van der Waals surface area contributed by atoms with E-state index in [4.69, 9.17) is 4.74 Å². The highest BCUT2D eigenvalue weighted by molar-refractivity contribution is 9.10. The molecule has 3 heterocycles. The van der Waals surface area contributed by atoms with Crippen LogP contribution in [-0.4, -0.2) is 44.5 Å². The molecule has 1 amide bonds. The van der Waals surface area contributed by atoms with E-state index < -0.39 is 11.5 Å². The summed E-state index contributed by atoms with van der Waals surface area (Å²) >= 11 is 3.29. The molecule has 2 N–H and O–H groups in total. The topological polar surface area (TPSA) is 97.9 Å². The number of rotatable bonds is 4. The average Bonchev–Trinajstić information content (AvgIpc) is 2.98. The van der Waals surface area contributed by atoms with Crippen molar-refractivity contribution >= 4 is 27.5 Å². The van der Waals surface area contributed by atoms with E-state index >= 15 is 0 Å². The summed E-state index contributed by atoms with van der Waals surface area (Å²) in [5.74, 6) is -0.842. The highest BCUT2D eigenvalue weighted by Gasteiger charge is 2.32. The quantitative estimate of drug-likeness (QED) is 0.760. The van der Waals surface area contributed by atoms with Crippen molar-refractivity contribution in [3.63, 3.8) is 0 Å². The standard InChI is InChI=1S/C18H23BrN4O4/c1-18(5-7-27-8-6-18)10-22-13-9-12(19)21-23(13)17(26)14(16(22)25)15(24)20-11-3-2-4-11/h9,11,25H,2-8,10H2,1H3,(H,20,24). The summed E-state index contributed by atoms with van der Waals surface area (Å²) in [6.07, 6.45) is 4.53. The molecule has 2 aromatic rings. The SMILES string of the molecule is CC1(Cn2c(O)c(C(=O)NC3CCC3)c(=O)n3nc(Br)cc23)CCOCC1. The minimum Gasteiger partial charge on any atom is -0.494 e. The Bertz CT molecular complexity index is 941. The van der Waals surface area contributed by atoms with Gasteiger partial charge in [0.1, 0.15) is 10.3 Å². The van der Waals surface area contributed by atoms with E-state index in [2.05, 4.69) is 33.3 Å². The molecular weight excluding hydrogens is 416 g/mol. The molecular formula is C18H23BrN4O4. The van der Waals surface area contributed by atoms with Gasteiger partial charge in [0.15, 0.2) is 5.56 Å². The van der Waals surface area contributed by atoms with Gasteiger partial charge in [-0.2, -0.15) is 9.61 Å². The van der Waals surface area contributed by atoms with Gasteiger partial charge in [0.2, 0.25) is 5.88 Å². The zero-order chi connectivity index (χ0) is 19.2. The van der Waals surface area contributed by atoms with E-state index in [1.165, 1.54) is 4.52 Å². The van der Waals surface area contributed by atoms with Gasteiger partial charge in [0, 0.05) is 31.9 Å². The number of nitrogens with zero attached hydrogens (tertiary/aromatic N) is 3. The van der Waals surface area contributed by atoms with E-state index in [0.29, 0.717) is 30.0 Å². The van der Waals surface area contributed by atoms with Gasteiger partial charge < -0.3 is 15.2 Å². The lowest BCUT2D eigenvalue weighted by molar-refractivity contribution is 0.0149. The maximum Gasteiger partial charge on any atom is 0.291 e. The van der Waals surface area contributed by atoms with Crippen LogP contribution in [0.3, 0.4) is 0 Å². The predicted octanol–water partition coefficient (Wildman–Crippen LogP) is 2.06. The number of amides is 1. The molecule has 2 fully saturated rings. The van der Waals surface area contributed by atoms with Crippen LogP contribution in [0.15, 0.2) is 15.5 Å². The largest absolute Gasteiger partial charge is 0.494 e. The molecule has 1 aliphatic carbocycles. The Morgan fingerprint density at radius 1 is 1.44 bits per heavy atom. The third-order valence-corrected chi connectivity index (χ3v) is 6.12. The van der Waals surface area contributed by atoms with Crippen LogP contribution in [0.5, 0.6) is 5.88 Å². The highest BCUT2D eigenvalue weighted by Crippen LogP contribution is 2.34. The summed E-state index contributed by atoms with van der Waals surface area (Å²) in [5, 5.41) is 17.9. The van der Waals surface area contributed by atoms with Gasteiger partial charge in [-0.25, -0.2) is 0 Å². The number of nitrogens with one attached hydrogen (secondary N) is 1. The summed E-state index contributed by atoms with van der Waals surface area (Å²) in [6, 6.07) is 1.75. The monoisotopic (exact) mass is 438 g/mol. The molecule has 4 rings (SSSR count). The molecule has 0 unspecified atom stereocenters. The van der Waals surface area contributed by atoms with Crippen LogP contribution in [-0.2, 0) is 11.3 Å². The van der Waals surface area contributed by atoms with Crippen LogP contribution in [0.4, 0.5) is 0 Å². The molecule has 27 heavy (non-hydrogen) atoms. The van der Waals surface area contributed by atoms with Crippen LogP contribution in [0, 0.1) is 5.41 Å². The fourth-order valence-corrected chi connectivity index (χ4v) is 4.06. The summed E-state index contributed by atoms with van der Waals surface area (Å²) < 4.78 is 8.74. The summed E-state index contributed by atoms with van der Waals surface area (Å²) in [7, 11) is 0. The number of aromatic nitrogens is 3. The molecule has 8 nitrogen and oxygen atoms in total. The fraction of sp³-hybridized carbons (Fsp3) is 0.611. The van der Waals surface area contributed by atoms with Gasteiger partial charge in [-0.15, -0.1) is 0 Å². The second kappa shape index (κ2) is 6.94. The minimum absolute atomic E-state index is 0.0674. The Labute approximate surface area is 164 Å². The van der Waals surface area contributed by atoms with Gasteiger partial charge in [-0.3, -0.25) is 14.2 Å². The van der Waals surface area contributed by atoms with E-state index in [9.17, 15) is 14.7 Å². The Kier molecular flexibility index (Phi) is 4.75. The highest BCUT2D eigenvalue weighted by atomic mass is 79.9. The van der Waals surface area contributed by atoms with Crippen LogP contribution in [0.2, 0.25) is 0 Å². The Morgan fingerprint density at radius 3 is 2.78 bits per heavy atom. The van der Waals surface area contributed by atoms with Crippen molar-refractivity contribution in [2.24, 2.45) is 5.41 Å². The molecule has 0 radical (unpaired) electrons. The van der Waals surface area contributed by atoms with Gasteiger partial charge in [0.25, 0.3) is 11.5 Å². The molecule has 1 aliphatic heterocycles. The molecule has 1 saturated heterocycles. The summed E-state index contributed by atoms with van der Waals surface area (Å²) in [4.78, 5) is 25.5. The molecule has 0 atom stereocenters. The number of aromatic hydroxyl groups is 1. The lowest BCUT2D eigenvalue weighted by Crippen LogP contribution is -2.42. The molecule has 0 aromatic carbocycles. The summed E-state index contributed by atoms with van der Waals surface area (Å²) in [5.41, 5.74) is -0.514. The fourth-order valence-electron chi connectivity index (χ4n) is 3.70. The Balaban J connectivity index is 1.81. The van der Waals surface area contributed by atoms with Crippen molar-refractivity contribution in [1.82, 2.24) is 19.5 Å². The summed E-state index contributed by atoms with van der Waals surface area (Å²) in [6.45, 7) is 3.91. The van der Waals surface area contributed by atoms with E-state index in [0.717, 1.165) is 32.1 Å². The number of carbonyl (C=O) groups is 1. The lowest BCUT2D eigenvalue weighted by Gasteiger charge is -2.34. The Hall–Kier alpha value is -1.87. The van der Waals surface area contributed by atoms with Crippen molar-refractivity contribution in [3.8, 4) is 5.88 Å². The maximum absolute atomic E-state index is 12.8. The van der Waals surface area contributed by atoms with Crippen LogP contribution >= 0.6 is 15.9 Å². The van der Waals surface area contributed by atoms with E-state index in [1.54, 1.807) is 10.6 Å². The van der Waals surface area contributed by atoms with E-state index in [-0.39, 0.29) is 22.9 Å². The van der Waals surface area contributed by atoms with Crippen molar-refractivity contribution in [3.05, 3.63) is 26.6 Å². The van der Waals surface area contributed by atoms with Gasteiger partial charge >= 0.3 is 0 Å². The first-order valence-corrected chi connectivity index (χ1v) is 10.1. The number of halogens is 1. The minimum atomic E-state index is -0.613. The predicted molar refractivity (Wildman–Crippen MR) is 102 cm³/mol. The molecule has 2 aliphatic rings. The average molecular weight is 439 g/mol. The zero-order valence-corrected chi connectivity index (χ0v) is 16.8. The molecule has 1 saturated carbocycles. The molecule has 9 heteroatoms. The van der Waals surface area contributed by atoms with Crippen molar-refractivity contribution in [2.75, 3.05) is 13.2 Å². The first kappa shape index (κ1) is 18.5. The second-order valence-corrected chi connectivity index (χ2v) is 8.66. The van der Waals surface area contributed by atoms with Gasteiger partial charge in [0.05, 0.1) is 0 Å². The first-order valence-electron chi connectivity index (χ1n) is 9.28. The van der Waals surface area contributed by atoms with Crippen molar-refractivity contribution in [1.29, 1.82) is 0 Å². The third-order valence-electron chi connectivity index (χ3n) is 5.73. The number of ether oxygens (including phenoxy) is 1. The lowest BCUT2D eigenvalue weighted by atomic mass is 9.82. The van der Waals surface area contributed by atoms with Gasteiger partial charge in [-0.05, 0) is 53.4 Å². The Morgan fingerprint density at radius 2 is 2.15 bits per heavy atom. The molecule has 2 aromatic heterocycles. The van der Waals surface area contributed by atoms with Crippen molar-refractivity contribution in [2.45, 2.75) is 51.6 Å². The number of hydrogen-bond acceptors (Lipinski definition) is 5. The molecule has 146 valence electrons. The van der Waals surface area contributed by atoms with Crippen LogP contribution in [0.25, 0.3) is 5.65 Å². The zero-order valence-electron chi connectivity index (χ0n) is 15.2. The smallest absolute Gasteiger partial charge is 0.291 e. The number of fused-ring (bicyclic) bond motifs is 1. The number of carbonyl (C=O) groups excluding carboxylic acids is 1. The molecule has 0 spiro atoms. The maximum atomic E-state index is 12.8. The van der Waals surface area contributed by atoms with Gasteiger partial charge in [-0.1, -0.05) is 6.92 Å². The normalized spacial score (nSPS) is 19.8. The second-order valence-electron chi connectivity index (χ2n) is 7.85. The van der Waals surface area contributed by atoms with E-state index in [1.807, 2.05) is 0 Å². The van der Waals surface area contributed by atoms with Crippen LogP contribution in [0.1, 0.15) is 49.4 Å². The molecule has 0 bridgehead atoms. The third kappa shape index (κ3) is 3.38. The first-order chi connectivity index (χ1) is 12.9. The number of hydrogen-bond donors (Lipinski definition) is 2.